The fourth-order valence-corrected chi connectivity index (χ4v) is 2.59. The van der Waals surface area contributed by atoms with E-state index in [2.05, 4.69) is 21.2 Å². The fourth-order valence-electron chi connectivity index (χ4n) is 2.18. The molecule has 1 saturated heterocycles. The Balaban J connectivity index is 1.93. The lowest BCUT2D eigenvalue weighted by atomic mass is 10.1. The summed E-state index contributed by atoms with van der Waals surface area (Å²) in [6, 6.07) is 7.50. The Labute approximate surface area is 125 Å². The molecule has 1 aromatic carbocycles. The molecule has 20 heavy (non-hydrogen) atoms. The van der Waals surface area contributed by atoms with Gasteiger partial charge in [0.05, 0.1) is 6.04 Å². The number of hydrogen-bond donors (Lipinski definition) is 2. The van der Waals surface area contributed by atoms with Gasteiger partial charge in [0.2, 0.25) is 5.91 Å². The van der Waals surface area contributed by atoms with Gasteiger partial charge in [-0.1, -0.05) is 28.1 Å². The van der Waals surface area contributed by atoms with E-state index in [0.29, 0.717) is 12.8 Å². The number of ether oxygens (including phenoxy) is 1. The molecule has 5 nitrogen and oxygen atoms in total. The Morgan fingerprint density at radius 3 is 2.70 bits per heavy atom. The lowest BCUT2D eigenvalue weighted by molar-refractivity contribution is -0.151. The van der Waals surface area contributed by atoms with Gasteiger partial charge in [-0.2, -0.15) is 0 Å². The summed E-state index contributed by atoms with van der Waals surface area (Å²) in [7, 11) is 0. The molecular weight excluding hydrogens is 326 g/mol. The van der Waals surface area contributed by atoms with Crippen LogP contribution in [0.1, 0.15) is 31.4 Å². The van der Waals surface area contributed by atoms with Crippen molar-refractivity contribution in [2.45, 2.75) is 38.0 Å². The number of benzene rings is 1. The van der Waals surface area contributed by atoms with Crippen LogP contribution in [0.3, 0.4) is 0 Å². The zero-order chi connectivity index (χ0) is 14.7. The first-order valence-corrected chi connectivity index (χ1v) is 7.21. The maximum absolute atomic E-state index is 12.0. The van der Waals surface area contributed by atoms with Gasteiger partial charge in [-0.05, 0) is 37.5 Å². The van der Waals surface area contributed by atoms with Gasteiger partial charge in [0.15, 0.2) is 6.10 Å². The number of carboxylic acids is 1. The van der Waals surface area contributed by atoms with E-state index in [1.807, 2.05) is 31.2 Å². The number of nitrogens with one attached hydrogen (secondary N) is 1. The van der Waals surface area contributed by atoms with Crippen molar-refractivity contribution in [1.82, 2.24) is 5.32 Å². The van der Waals surface area contributed by atoms with E-state index in [1.165, 1.54) is 0 Å². The number of carbonyl (C=O) groups is 2. The summed E-state index contributed by atoms with van der Waals surface area (Å²) in [6.07, 6.45) is -0.732. The topological polar surface area (TPSA) is 75.6 Å². The van der Waals surface area contributed by atoms with Gasteiger partial charge < -0.3 is 15.2 Å². The van der Waals surface area contributed by atoms with Gasteiger partial charge in [-0.25, -0.2) is 4.79 Å². The Morgan fingerprint density at radius 1 is 1.40 bits per heavy atom. The molecule has 1 amide bonds. The van der Waals surface area contributed by atoms with Crippen molar-refractivity contribution in [3.8, 4) is 0 Å². The van der Waals surface area contributed by atoms with Gasteiger partial charge >= 0.3 is 5.97 Å². The van der Waals surface area contributed by atoms with Crippen LogP contribution in [0.4, 0.5) is 0 Å². The van der Waals surface area contributed by atoms with Crippen LogP contribution >= 0.6 is 15.9 Å². The molecule has 1 heterocycles. The zero-order valence-corrected chi connectivity index (χ0v) is 12.6. The van der Waals surface area contributed by atoms with Crippen molar-refractivity contribution in [3.63, 3.8) is 0 Å². The van der Waals surface area contributed by atoms with Gasteiger partial charge in [-0.3, -0.25) is 4.79 Å². The molecule has 1 aliphatic heterocycles. The van der Waals surface area contributed by atoms with Crippen molar-refractivity contribution in [2.75, 3.05) is 0 Å². The lowest BCUT2D eigenvalue weighted by Crippen LogP contribution is -2.37. The van der Waals surface area contributed by atoms with Gasteiger partial charge in [0.25, 0.3) is 0 Å². The van der Waals surface area contributed by atoms with E-state index in [9.17, 15) is 9.59 Å². The van der Waals surface area contributed by atoms with E-state index < -0.39 is 18.2 Å². The van der Waals surface area contributed by atoms with E-state index >= 15 is 0 Å². The number of rotatable bonds is 4. The summed E-state index contributed by atoms with van der Waals surface area (Å²) in [5, 5.41) is 11.7. The average molecular weight is 342 g/mol. The molecule has 0 aliphatic carbocycles. The van der Waals surface area contributed by atoms with Gasteiger partial charge in [0, 0.05) is 4.47 Å². The minimum Gasteiger partial charge on any atom is -0.479 e. The van der Waals surface area contributed by atoms with E-state index in [-0.39, 0.29) is 11.9 Å². The fraction of sp³-hybridized carbons (Fsp3) is 0.429. The highest BCUT2D eigenvalue weighted by Crippen LogP contribution is 2.22. The molecule has 2 rings (SSSR count). The molecule has 1 fully saturated rings. The van der Waals surface area contributed by atoms with Crippen LogP contribution in [-0.4, -0.2) is 29.2 Å². The highest BCUT2D eigenvalue weighted by atomic mass is 79.9. The number of carboxylic acid groups (broad SMARTS) is 1. The number of aliphatic carboxylic acids is 1. The molecule has 6 heteroatoms. The third-order valence-corrected chi connectivity index (χ3v) is 3.79. The molecule has 0 saturated carbocycles. The monoisotopic (exact) mass is 341 g/mol. The van der Waals surface area contributed by atoms with Gasteiger partial charge in [-0.15, -0.1) is 0 Å². The first-order valence-electron chi connectivity index (χ1n) is 6.41. The van der Waals surface area contributed by atoms with Crippen LogP contribution in [0.2, 0.25) is 0 Å². The number of hydrogen-bond acceptors (Lipinski definition) is 3. The Hall–Kier alpha value is -1.40. The molecule has 0 bridgehead atoms. The molecule has 1 aliphatic rings. The maximum atomic E-state index is 12.0. The largest absolute Gasteiger partial charge is 0.479 e. The quantitative estimate of drug-likeness (QED) is 0.880. The second-order valence-corrected chi connectivity index (χ2v) is 5.73. The molecule has 1 aromatic rings. The Bertz CT molecular complexity index is 520. The highest BCUT2D eigenvalue weighted by Gasteiger charge is 2.35. The molecular formula is C14H16BrNO4. The summed E-state index contributed by atoms with van der Waals surface area (Å²) < 4.78 is 6.17. The SMILES string of the molecule is C[C@@H](NC(=O)C1CCC(C(=O)O)O1)c1cccc(Br)c1. The predicted molar refractivity (Wildman–Crippen MR) is 76.2 cm³/mol. The molecule has 0 spiro atoms. The summed E-state index contributed by atoms with van der Waals surface area (Å²) in [4.78, 5) is 22.8. The minimum atomic E-state index is -1.01. The van der Waals surface area contributed by atoms with Crippen molar-refractivity contribution in [2.24, 2.45) is 0 Å². The maximum Gasteiger partial charge on any atom is 0.332 e. The Kier molecular flexibility index (Phi) is 4.77. The van der Waals surface area contributed by atoms with Crippen molar-refractivity contribution < 1.29 is 19.4 Å². The van der Waals surface area contributed by atoms with Crippen LogP contribution in [0.25, 0.3) is 0 Å². The van der Waals surface area contributed by atoms with Crippen LogP contribution in [-0.2, 0) is 14.3 Å². The second-order valence-electron chi connectivity index (χ2n) is 4.81. The average Bonchev–Trinajstić information content (AvgIpc) is 2.88. The smallest absolute Gasteiger partial charge is 0.332 e. The van der Waals surface area contributed by atoms with Gasteiger partial charge in [0.1, 0.15) is 6.10 Å². The standard InChI is InChI=1S/C14H16BrNO4/c1-8(9-3-2-4-10(15)7-9)16-13(17)11-5-6-12(20-11)14(18)19/h2-4,7-8,11-12H,5-6H2,1H3,(H,16,17)(H,18,19)/t8-,11?,12?/m1/s1. The predicted octanol–water partition coefficient (Wildman–Crippen LogP) is 2.26. The van der Waals surface area contributed by atoms with Crippen LogP contribution < -0.4 is 5.32 Å². The Morgan fingerprint density at radius 2 is 2.10 bits per heavy atom. The van der Waals surface area contributed by atoms with Crippen molar-refractivity contribution in [3.05, 3.63) is 34.3 Å². The van der Waals surface area contributed by atoms with Crippen molar-refractivity contribution in [1.29, 1.82) is 0 Å². The first kappa shape index (κ1) is 15.0. The highest BCUT2D eigenvalue weighted by molar-refractivity contribution is 9.10. The van der Waals surface area contributed by atoms with E-state index in [1.54, 1.807) is 0 Å². The first-order chi connectivity index (χ1) is 9.47. The van der Waals surface area contributed by atoms with Crippen LogP contribution in [0.15, 0.2) is 28.7 Å². The van der Waals surface area contributed by atoms with Crippen LogP contribution in [0, 0.1) is 0 Å². The number of amides is 1. The summed E-state index contributed by atoms with van der Waals surface area (Å²) in [6.45, 7) is 1.88. The van der Waals surface area contributed by atoms with Crippen LogP contribution in [0.5, 0.6) is 0 Å². The summed E-state index contributed by atoms with van der Waals surface area (Å²) in [5.41, 5.74) is 0.973. The van der Waals surface area contributed by atoms with E-state index in [4.69, 9.17) is 9.84 Å². The van der Waals surface area contributed by atoms with E-state index in [0.717, 1.165) is 10.0 Å². The summed E-state index contributed by atoms with van der Waals surface area (Å²) in [5.74, 6) is -1.28. The molecule has 2 unspecified atom stereocenters. The second kappa shape index (κ2) is 6.37. The lowest BCUT2D eigenvalue weighted by Gasteiger charge is -2.17. The third-order valence-electron chi connectivity index (χ3n) is 3.29. The third kappa shape index (κ3) is 3.58. The van der Waals surface area contributed by atoms with Crippen molar-refractivity contribution >= 4 is 27.8 Å². The molecule has 2 N–H and O–H groups in total. The molecule has 3 atom stereocenters. The minimum absolute atomic E-state index is 0.160. The number of carbonyl (C=O) groups excluding carboxylic acids is 1. The molecule has 0 radical (unpaired) electrons. The molecule has 108 valence electrons. The normalized spacial score (nSPS) is 23.3. The zero-order valence-electron chi connectivity index (χ0n) is 11.0. The molecule has 0 aromatic heterocycles. The summed E-state index contributed by atoms with van der Waals surface area (Å²) >= 11 is 3.38. The number of halogens is 1.